The minimum Gasteiger partial charge on any atom is -0.300 e. The van der Waals surface area contributed by atoms with E-state index in [4.69, 9.17) is 4.99 Å². The highest BCUT2D eigenvalue weighted by Gasteiger charge is 2.34. The summed E-state index contributed by atoms with van der Waals surface area (Å²) in [6.45, 7) is 4.45. The fraction of sp³-hybridized carbons (Fsp3) is 0.824. The maximum atomic E-state index is 4.71. The first kappa shape index (κ1) is 14.8. The predicted octanol–water partition coefficient (Wildman–Crippen LogP) is 4.06. The summed E-state index contributed by atoms with van der Waals surface area (Å²) >= 11 is 0. The van der Waals surface area contributed by atoms with E-state index in [9.17, 15) is 0 Å². The zero-order valence-electron chi connectivity index (χ0n) is 12.9. The Kier molecular flexibility index (Phi) is 5.62. The lowest BCUT2D eigenvalue weighted by Crippen LogP contribution is -2.39. The van der Waals surface area contributed by atoms with Crippen molar-refractivity contribution in [1.82, 2.24) is 4.90 Å². The minimum absolute atomic E-state index is 0.483. The molecule has 0 spiro atoms. The molecule has 108 valence electrons. The smallest absolute Gasteiger partial charge is 0.0500 e. The van der Waals surface area contributed by atoms with Crippen molar-refractivity contribution in [3.05, 3.63) is 12.2 Å². The summed E-state index contributed by atoms with van der Waals surface area (Å²) < 4.78 is 0. The molecule has 2 heteroatoms. The third kappa shape index (κ3) is 4.45. The molecule has 2 saturated carbocycles. The molecule has 3 atom stereocenters. The Balaban J connectivity index is 1.82. The molecule has 0 aromatic rings. The van der Waals surface area contributed by atoms with Crippen molar-refractivity contribution in [1.29, 1.82) is 0 Å². The highest BCUT2D eigenvalue weighted by molar-refractivity contribution is 5.71. The van der Waals surface area contributed by atoms with Crippen LogP contribution < -0.4 is 0 Å². The lowest BCUT2D eigenvalue weighted by Gasteiger charge is -2.37. The van der Waals surface area contributed by atoms with Gasteiger partial charge in [0.2, 0.25) is 0 Å². The van der Waals surface area contributed by atoms with Crippen molar-refractivity contribution in [2.45, 2.75) is 76.9 Å². The van der Waals surface area contributed by atoms with Gasteiger partial charge < -0.3 is 4.90 Å². The van der Waals surface area contributed by atoms with E-state index in [1.165, 1.54) is 38.5 Å². The molecular formula is C17H30N2. The molecule has 2 rings (SSSR count). The zero-order valence-corrected chi connectivity index (χ0v) is 12.9. The van der Waals surface area contributed by atoms with E-state index in [-0.39, 0.29) is 0 Å². The van der Waals surface area contributed by atoms with Crippen molar-refractivity contribution in [2.24, 2.45) is 10.9 Å². The lowest BCUT2D eigenvalue weighted by molar-refractivity contribution is 0.142. The minimum atomic E-state index is 0.483. The molecule has 2 aliphatic rings. The summed E-state index contributed by atoms with van der Waals surface area (Å²) in [6, 6.07) is 2.20. The van der Waals surface area contributed by atoms with Gasteiger partial charge in [-0.1, -0.05) is 19.4 Å². The van der Waals surface area contributed by atoms with Crippen LogP contribution in [0, 0.1) is 5.92 Å². The second kappa shape index (κ2) is 7.23. The van der Waals surface area contributed by atoms with Crippen LogP contribution in [0.15, 0.2) is 17.1 Å². The van der Waals surface area contributed by atoms with Crippen molar-refractivity contribution in [2.75, 3.05) is 7.05 Å². The summed E-state index contributed by atoms with van der Waals surface area (Å²) in [7, 11) is 2.34. The maximum Gasteiger partial charge on any atom is 0.0500 e. The predicted molar refractivity (Wildman–Crippen MR) is 83.9 cm³/mol. The number of aliphatic imine (C=N–C) groups is 1. The van der Waals surface area contributed by atoms with E-state index < -0.39 is 0 Å². The molecule has 0 N–H and O–H groups in total. The summed E-state index contributed by atoms with van der Waals surface area (Å²) in [4.78, 5) is 7.36. The summed E-state index contributed by atoms with van der Waals surface area (Å²) in [5.74, 6) is 0.784. The van der Waals surface area contributed by atoms with Gasteiger partial charge in [0, 0.05) is 24.3 Å². The van der Waals surface area contributed by atoms with Crippen molar-refractivity contribution in [3.8, 4) is 0 Å². The summed E-state index contributed by atoms with van der Waals surface area (Å²) in [6.07, 6.45) is 15.7. The highest BCUT2D eigenvalue weighted by Crippen LogP contribution is 2.35. The normalized spacial score (nSPS) is 30.5. The van der Waals surface area contributed by atoms with Gasteiger partial charge in [0.25, 0.3) is 0 Å². The van der Waals surface area contributed by atoms with Crippen LogP contribution >= 0.6 is 0 Å². The molecular weight excluding hydrogens is 232 g/mol. The quantitative estimate of drug-likeness (QED) is 0.659. The van der Waals surface area contributed by atoms with Crippen LogP contribution in [0.4, 0.5) is 0 Å². The van der Waals surface area contributed by atoms with Crippen LogP contribution in [0.2, 0.25) is 0 Å². The zero-order chi connectivity index (χ0) is 13.7. The monoisotopic (exact) mass is 262 g/mol. The average Bonchev–Trinajstić information content (AvgIpc) is 3.27. The molecule has 0 aromatic carbocycles. The number of hydrogen-bond acceptors (Lipinski definition) is 2. The van der Waals surface area contributed by atoms with Crippen LogP contribution in [0.1, 0.15) is 58.8 Å². The van der Waals surface area contributed by atoms with Gasteiger partial charge in [-0.2, -0.15) is 0 Å². The van der Waals surface area contributed by atoms with E-state index in [1.54, 1.807) is 0 Å². The van der Waals surface area contributed by atoms with Gasteiger partial charge in [-0.3, -0.25) is 4.99 Å². The van der Waals surface area contributed by atoms with Gasteiger partial charge >= 0.3 is 0 Å². The van der Waals surface area contributed by atoms with Crippen LogP contribution in [0.25, 0.3) is 0 Å². The number of rotatable bonds is 6. The van der Waals surface area contributed by atoms with E-state index in [0.717, 1.165) is 24.4 Å². The van der Waals surface area contributed by atoms with Gasteiger partial charge in [0.15, 0.2) is 0 Å². The van der Waals surface area contributed by atoms with E-state index in [2.05, 4.69) is 37.9 Å². The molecule has 2 unspecified atom stereocenters. The fourth-order valence-electron chi connectivity index (χ4n) is 3.29. The molecule has 0 saturated heterocycles. The fourth-order valence-corrected chi connectivity index (χ4v) is 3.29. The summed E-state index contributed by atoms with van der Waals surface area (Å²) in [5.41, 5.74) is 0. The van der Waals surface area contributed by atoms with Crippen LogP contribution in [-0.4, -0.2) is 36.3 Å². The van der Waals surface area contributed by atoms with E-state index in [0.29, 0.717) is 6.04 Å². The number of nitrogens with zero attached hydrogens (tertiary/aromatic N) is 2. The molecule has 0 radical (unpaired) electrons. The van der Waals surface area contributed by atoms with Crippen molar-refractivity contribution >= 4 is 6.21 Å². The number of allylic oxidation sites excluding steroid dienone is 2. The van der Waals surface area contributed by atoms with E-state index >= 15 is 0 Å². The molecule has 2 nitrogen and oxygen atoms in total. The molecule has 19 heavy (non-hydrogen) atoms. The Hall–Kier alpha value is -0.630. The maximum absolute atomic E-state index is 4.71. The highest BCUT2D eigenvalue weighted by atomic mass is 15.2. The number of hydrogen-bond donors (Lipinski definition) is 0. The Morgan fingerprint density at radius 2 is 2.00 bits per heavy atom. The van der Waals surface area contributed by atoms with Gasteiger partial charge in [0.05, 0.1) is 0 Å². The van der Waals surface area contributed by atoms with Gasteiger partial charge in [-0.05, 0) is 64.5 Å². The molecule has 2 fully saturated rings. The third-order valence-corrected chi connectivity index (χ3v) is 4.85. The Labute approximate surface area is 119 Å². The third-order valence-electron chi connectivity index (χ3n) is 4.85. The Bertz CT molecular complexity index is 317. The molecule has 0 bridgehead atoms. The van der Waals surface area contributed by atoms with Crippen LogP contribution in [0.3, 0.4) is 0 Å². The second-order valence-electron chi connectivity index (χ2n) is 6.35. The van der Waals surface area contributed by atoms with Crippen molar-refractivity contribution < 1.29 is 0 Å². The molecule has 0 heterocycles. The first-order chi connectivity index (χ1) is 9.22. The van der Waals surface area contributed by atoms with Gasteiger partial charge in [-0.15, -0.1) is 0 Å². The van der Waals surface area contributed by atoms with Crippen LogP contribution in [0.5, 0.6) is 0 Å². The topological polar surface area (TPSA) is 15.6 Å². The summed E-state index contributed by atoms with van der Waals surface area (Å²) in [5, 5.41) is 0. The van der Waals surface area contributed by atoms with Gasteiger partial charge in [0.1, 0.15) is 0 Å². The van der Waals surface area contributed by atoms with Gasteiger partial charge in [-0.25, -0.2) is 0 Å². The molecule has 0 aromatic heterocycles. The van der Waals surface area contributed by atoms with Crippen molar-refractivity contribution in [3.63, 3.8) is 0 Å². The first-order valence-electron chi connectivity index (χ1n) is 8.12. The van der Waals surface area contributed by atoms with Crippen LogP contribution in [-0.2, 0) is 0 Å². The Morgan fingerprint density at radius 1 is 1.21 bits per heavy atom. The molecule has 2 aliphatic carbocycles. The average molecular weight is 262 g/mol. The second-order valence-corrected chi connectivity index (χ2v) is 6.35. The SMILES string of the molecule is CC/C=C\C=N[C@H](C)C1CCCC(N(C)C2CC2)C1. The molecule has 0 aliphatic heterocycles. The standard InChI is InChI=1S/C17H30N2/c1-4-5-6-12-18-14(2)15-8-7-9-17(13-15)19(3)16-10-11-16/h5-6,12,14-17H,4,7-11,13H2,1-3H3/b6-5-,18-12?/t14-,15?,17?/m1/s1. The largest absolute Gasteiger partial charge is 0.300 e. The van der Waals surface area contributed by atoms with E-state index in [1.807, 2.05) is 6.21 Å². The first-order valence-corrected chi connectivity index (χ1v) is 8.12. The lowest BCUT2D eigenvalue weighted by atomic mass is 9.81. The molecule has 0 amide bonds. The Morgan fingerprint density at radius 3 is 2.68 bits per heavy atom.